The van der Waals surface area contributed by atoms with Crippen molar-refractivity contribution in [2.24, 2.45) is 0 Å². The fourth-order valence-electron chi connectivity index (χ4n) is 2.78. The number of hydrogen-bond acceptors (Lipinski definition) is 4. The summed E-state index contributed by atoms with van der Waals surface area (Å²) in [6.07, 6.45) is 0.758. The second-order valence-electron chi connectivity index (χ2n) is 6.51. The molecule has 0 spiro atoms. The summed E-state index contributed by atoms with van der Waals surface area (Å²) in [4.78, 5) is 17.6. The van der Waals surface area contributed by atoms with Crippen LogP contribution in [0.25, 0.3) is 0 Å². The first kappa shape index (κ1) is 19.4. The minimum absolute atomic E-state index is 0.0901. The number of hydrogen-bond donors (Lipinski definition) is 2. The Labute approximate surface area is 168 Å². The number of nitrogens with one attached hydrogen (secondary N) is 2. The average Bonchev–Trinajstić information content (AvgIpc) is 2.99. The second-order valence-corrected chi connectivity index (χ2v) is 7.94. The van der Waals surface area contributed by atoms with E-state index < -0.39 is 0 Å². The Kier molecular flexibility index (Phi) is 6.14. The fourth-order valence-corrected chi connectivity index (χ4v) is 3.80. The molecular weight excluding hydrogens is 378 g/mol. The summed E-state index contributed by atoms with van der Waals surface area (Å²) in [6.45, 7) is 6.55. The number of halogens is 1. The number of rotatable bonds is 6. The standard InChI is InChI=1S/C21H22ClN3OS/c1-13-4-9-18(14(2)12-13)25-21-24-15(3)19(27-21)20(26)23-11-10-16-5-7-17(22)8-6-16/h4-9,12H,10-11H2,1-3H3,(H,23,26)(H,24,25). The molecule has 0 aliphatic heterocycles. The molecule has 0 radical (unpaired) electrons. The van der Waals surface area contributed by atoms with E-state index >= 15 is 0 Å². The molecule has 6 heteroatoms. The van der Waals surface area contributed by atoms with E-state index in [2.05, 4.69) is 41.6 Å². The van der Waals surface area contributed by atoms with Crippen LogP contribution in [0.5, 0.6) is 0 Å². The first-order valence-electron chi connectivity index (χ1n) is 8.77. The summed E-state index contributed by atoms with van der Waals surface area (Å²) in [6, 6.07) is 13.9. The molecule has 140 valence electrons. The molecule has 3 rings (SSSR count). The van der Waals surface area contributed by atoms with Crippen LogP contribution in [0.15, 0.2) is 42.5 Å². The Morgan fingerprint density at radius 2 is 1.85 bits per heavy atom. The number of benzene rings is 2. The Bertz CT molecular complexity index is 951. The van der Waals surface area contributed by atoms with Gasteiger partial charge < -0.3 is 10.6 Å². The number of carbonyl (C=O) groups excluding carboxylic acids is 1. The van der Waals surface area contributed by atoms with E-state index in [4.69, 9.17) is 11.6 Å². The maximum absolute atomic E-state index is 12.5. The molecule has 1 heterocycles. The Balaban J connectivity index is 1.61. The van der Waals surface area contributed by atoms with Crippen molar-refractivity contribution >= 4 is 39.7 Å². The van der Waals surface area contributed by atoms with Crippen LogP contribution < -0.4 is 10.6 Å². The lowest BCUT2D eigenvalue weighted by atomic mass is 10.1. The zero-order valence-corrected chi connectivity index (χ0v) is 17.2. The molecule has 1 amide bonds. The summed E-state index contributed by atoms with van der Waals surface area (Å²) in [5.74, 6) is -0.0901. The second kappa shape index (κ2) is 8.55. The third-order valence-electron chi connectivity index (χ3n) is 4.24. The Morgan fingerprint density at radius 3 is 2.56 bits per heavy atom. The van der Waals surface area contributed by atoms with Gasteiger partial charge in [-0.1, -0.05) is 52.8 Å². The Morgan fingerprint density at radius 1 is 1.11 bits per heavy atom. The molecule has 27 heavy (non-hydrogen) atoms. The normalized spacial score (nSPS) is 10.7. The van der Waals surface area contributed by atoms with Gasteiger partial charge in [-0.05, 0) is 56.5 Å². The lowest BCUT2D eigenvalue weighted by Gasteiger charge is -2.07. The summed E-state index contributed by atoms with van der Waals surface area (Å²) in [5, 5.41) is 7.73. The molecular formula is C21H22ClN3OS. The molecule has 0 aliphatic carbocycles. The third-order valence-corrected chi connectivity index (χ3v) is 5.56. The molecule has 0 fully saturated rings. The SMILES string of the molecule is Cc1ccc(Nc2nc(C)c(C(=O)NCCc3ccc(Cl)cc3)s2)c(C)c1. The zero-order valence-electron chi connectivity index (χ0n) is 15.6. The fraction of sp³-hybridized carbons (Fsp3) is 0.238. The number of aromatic nitrogens is 1. The molecule has 3 aromatic rings. The van der Waals surface area contributed by atoms with Gasteiger partial charge in [0.05, 0.1) is 5.69 Å². The molecule has 0 bridgehead atoms. The lowest BCUT2D eigenvalue weighted by Crippen LogP contribution is -2.25. The maximum Gasteiger partial charge on any atom is 0.263 e. The summed E-state index contributed by atoms with van der Waals surface area (Å²) in [5.41, 5.74) is 5.24. The average molecular weight is 400 g/mol. The van der Waals surface area contributed by atoms with Crippen LogP contribution in [-0.2, 0) is 6.42 Å². The minimum atomic E-state index is -0.0901. The van der Waals surface area contributed by atoms with Crippen LogP contribution in [0.2, 0.25) is 5.02 Å². The van der Waals surface area contributed by atoms with E-state index in [0.717, 1.165) is 34.1 Å². The van der Waals surface area contributed by atoms with E-state index in [-0.39, 0.29) is 5.91 Å². The number of thiazole rings is 1. The molecule has 4 nitrogen and oxygen atoms in total. The van der Waals surface area contributed by atoms with Gasteiger partial charge in [0, 0.05) is 17.3 Å². The lowest BCUT2D eigenvalue weighted by molar-refractivity contribution is 0.0957. The van der Waals surface area contributed by atoms with Gasteiger partial charge in [0.25, 0.3) is 5.91 Å². The molecule has 0 unspecified atom stereocenters. The largest absolute Gasteiger partial charge is 0.351 e. The summed E-state index contributed by atoms with van der Waals surface area (Å²) in [7, 11) is 0. The van der Waals surface area contributed by atoms with E-state index in [9.17, 15) is 4.79 Å². The molecule has 1 aromatic heterocycles. The van der Waals surface area contributed by atoms with E-state index in [0.29, 0.717) is 16.4 Å². The van der Waals surface area contributed by atoms with Gasteiger partial charge in [0.2, 0.25) is 0 Å². The van der Waals surface area contributed by atoms with Crippen molar-refractivity contribution in [1.82, 2.24) is 10.3 Å². The van der Waals surface area contributed by atoms with Crippen molar-refractivity contribution < 1.29 is 4.79 Å². The van der Waals surface area contributed by atoms with Gasteiger partial charge in [0.1, 0.15) is 4.88 Å². The summed E-state index contributed by atoms with van der Waals surface area (Å²) < 4.78 is 0. The van der Waals surface area contributed by atoms with E-state index in [1.54, 1.807) is 0 Å². The highest BCUT2D eigenvalue weighted by Gasteiger charge is 2.15. The molecule has 2 aromatic carbocycles. The van der Waals surface area contributed by atoms with Gasteiger partial charge in [-0.3, -0.25) is 4.79 Å². The van der Waals surface area contributed by atoms with Crippen LogP contribution in [0.4, 0.5) is 10.8 Å². The van der Waals surface area contributed by atoms with Gasteiger partial charge in [-0.15, -0.1) is 0 Å². The topological polar surface area (TPSA) is 54.0 Å². The molecule has 0 aliphatic rings. The van der Waals surface area contributed by atoms with Crippen molar-refractivity contribution in [2.45, 2.75) is 27.2 Å². The summed E-state index contributed by atoms with van der Waals surface area (Å²) >= 11 is 7.26. The number of aryl methyl sites for hydroxylation is 3. The first-order valence-corrected chi connectivity index (χ1v) is 9.96. The van der Waals surface area contributed by atoms with Crippen LogP contribution in [0.3, 0.4) is 0 Å². The smallest absolute Gasteiger partial charge is 0.263 e. The monoisotopic (exact) mass is 399 g/mol. The van der Waals surface area contributed by atoms with E-state index in [1.165, 1.54) is 16.9 Å². The predicted octanol–water partition coefficient (Wildman–Crippen LogP) is 5.44. The van der Waals surface area contributed by atoms with Crippen LogP contribution in [-0.4, -0.2) is 17.4 Å². The number of amides is 1. The molecule has 2 N–H and O–H groups in total. The van der Waals surface area contributed by atoms with Crippen molar-refractivity contribution in [3.63, 3.8) is 0 Å². The van der Waals surface area contributed by atoms with Crippen LogP contribution in [0, 0.1) is 20.8 Å². The minimum Gasteiger partial charge on any atom is -0.351 e. The van der Waals surface area contributed by atoms with Crippen molar-refractivity contribution in [3.05, 3.63) is 74.7 Å². The number of anilines is 2. The molecule has 0 saturated heterocycles. The quantitative estimate of drug-likeness (QED) is 0.580. The highest BCUT2D eigenvalue weighted by Crippen LogP contribution is 2.27. The zero-order chi connectivity index (χ0) is 19.4. The van der Waals surface area contributed by atoms with E-state index in [1.807, 2.05) is 37.3 Å². The van der Waals surface area contributed by atoms with Gasteiger partial charge in [-0.2, -0.15) is 0 Å². The van der Waals surface area contributed by atoms with Gasteiger partial charge in [-0.25, -0.2) is 4.98 Å². The third kappa shape index (κ3) is 5.08. The molecule has 0 saturated carbocycles. The van der Waals surface area contributed by atoms with Crippen molar-refractivity contribution in [3.8, 4) is 0 Å². The van der Waals surface area contributed by atoms with Crippen LogP contribution >= 0.6 is 22.9 Å². The maximum atomic E-state index is 12.5. The first-order chi connectivity index (χ1) is 12.9. The van der Waals surface area contributed by atoms with Crippen molar-refractivity contribution in [1.29, 1.82) is 0 Å². The number of nitrogens with zero attached hydrogens (tertiary/aromatic N) is 1. The van der Waals surface area contributed by atoms with Crippen molar-refractivity contribution in [2.75, 3.05) is 11.9 Å². The highest BCUT2D eigenvalue weighted by atomic mass is 35.5. The van der Waals surface area contributed by atoms with Gasteiger partial charge in [0.15, 0.2) is 5.13 Å². The predicted molar refractivity (Wildman–Crippen MR) is 114 cm³/mol. The Hall–Kier alpha value is -2.37. The number of carbonyl (C=O) groups is 1. The molecule has 0 atom stereocenters. The van der Waals surface area contributed by atoms with Gasteiger partial charge >= 0.3 is 0 Å². The highest BCUT2D eigenvalue weighted by molar-refractivity contribution is 7.17. The van der Waals surface area contributed by atoms with Crippen LogP contribution in [0.1, 0.15) is 32.1 Å².